The predicted molar refractivity (Wildman–Crippen MR) is 102 cm³/mol. The molecule has 9 nitrogen and oxygen atoms in total. The molecule has 0 saturated heterocycles. The summed E-state index contributed by atoms with van der Waals surface area (Å²) in [7, 11) is 4.91. The number of methoxy groups -OCH3 is 2. The average molecular weight is 370 g/mol. The van der Waals surface area contributed by atoms with Crippen molar-refractivity contribution in [2.75, 3.05) is 33.1 Å². The van der Waals surface area contributed by atoms with Crippen molar-refractivity contribution in [2.24, 2.45) is 4.99 Å². The molecule has 0 aliphatic carbocycles. The molecule has 0 fully saturated rings. The van der Waals surface area contributed by atoms with Gasteiger partial charge in [0, 0.05) is 31.8 Å². The fourth-order valence-corrected chi connectivity index (χ4v) is 2.45. The van der Waals surface area contributed by atoms with E-state index in [1.807, 2.05) is 24.3 Å². The van der Waals surface area contributed by atoms with E-state index in [1.165, 1.54) is 0 Å². The monoisotopic (exact) mass is 370 g/mol. The van der Waals surface area contributed by atoms with Gasteiger partial charge in [-0.05, 0) is 24.3 Å². The highest BCUT2D eigenvalue weighted by Gasteiger charge is 2.09. The summed E-state index contributed by atoms with van der Waals surface area (Å²) in [5.74, 6) is 3.89. The van der Waals surface area contributed by atoms with Gasteiger partial charge in [0.1, 0.15) is 5.82 Å². The summed E-state index contributed by atoms with van der Waals surface area (Å²) >= 11 is 0. The predicted octanol–water partition coefficient (Wildman–Crippen LogP) is 2.31. The number of nitrogens with zero attached hydrogens (tertiary/aromatic N) is 3. The summed E-state index contributed by atoms with van der Waals surface area (Å²) < 4.78 is 15.8. The van der Waals surface area contributed by atoms with E-state index in [1.54, 1.807) is 33.6 Å². The van der Waals surface area contributed by atoms with Crippen molar-refractivity contribution < 1.29 is 13.9 Å². The zero-order valence-electron chi connectivity index (χ0n) is 15.4. The zero-order valence-corrected chi connectivity index (χ0v) is 15.4. The number of aliphatic imine (C=N–C) groups is 1. The number of guanidine groups is 1. The van der Waals surface area contributed by atoms with E-state index in [2.05, 4.69) is 30.8 Å². The van der Waals surface area contributed by atoms with E-state index < -0.39 is 0 Å². The van der Waals surface area contributed by atoms with E-state index in [-0.39, 0.29) is 0 Å². The van der Waals surface area contributed by atoms with Gasteiger partial charge >= 0.3 is 0 Å². The van der Waals surface area contributed by atoms with Crippen LogP contribution < -0.4 is 20.1 Å². The Bertz CT molecular complexity index is 888. The third-order valence-electron chi connectivity index (χ3n) is 3.80. The molecular weight excluding hydrogens is 348 g/mol. The van der Waals surface area contributed by atoms with Gasteiger partial charge in [-0.15, -0.1) is 0 Å². The third kappa shape index (κ3) is 4.57. The SMILES string of the molecule is CN=C(NCCc1nc(-c2ccco2)n[nH]1)Nc1ccc(OC)c(OC)c1. The fourth-order valence-electron chi connectivity index (χ4n) is 2.45. The van der Waals surface area contributed by atoms with Crippen molar-refractivity contribution >= 4 is 11.6 Å². The van der Waals surface area contributed by atoms with Crippen LogP contribution in [-0.4, -0.2) is 49.0 Å². The second kappa shape index (κ2) is 8.75. The van der Waals surface area contributed by atoms with Crippen LogP contribution in [0.2, 0.25) is 0 Å². The first kappa shape index (κ1) is 18.3. The summed E-state index contributed by atoms with van der Waals surface area (Å²) in [5.41, 5.74) is 0.834. The molecule has 142 valence electrons. The molecule has 3 N–H and O–H groups in total. The van der Waals surface area contributed by atoms with Crippen LogP contribution >= 0.6 is 0 Å². The molecule has 0 spiro atoms. The number of ether oxygens (including phenoxy) is 2. The number of aromatic nitrogens is 3. The minimum atomic E-state index is 0.544. The van der Waals surface area contributed by atoms with Crippen molar-refractivity contribution in [1.29, 1.82) is 0 Å². The average Bonchev–Trinajstić information content (AvgIpc) is 3.38. The molecule has 9 heteroatoms. The second-order valence-corrected chi connectivity index (χ2v) is 5.53. The highest BCUT2D eigenvalue weighted by molar-refractivity contribution is 5.93. The Morgan fingerprint density at radius 3 is 2.78 bits per heavy atom. The summed E-state index contributed by atoms with van der Waals surface area (Å²) in [6.07, 6.45) is 2.25. The summed E-state index contributed by atoms with van der Waals surface area (Å²) in [6.45, 7) is 0.625. The second-order valence-electron chi connectivity index (χ2n) is 5.53. The Kier molecular flexibility index (Phi) is 5.93. The molecule has 2 heterocycles. The van der Waals surface area contributed by atoms with Crippen molar-refractivity contribution in [3.8, 4) is 23.1 Å². The minimum Gasteiger partial charge on any atom is -0.493 e. The lowest BCUT2D eigenvalue weighted by atomic mass is 10.2. The number of hydrogen-bond donors (Lipinski definition) is 3. The number of H-pyrrole nitrogens is 1. The first-order valence-corrected chi connectivity index (χ1v) is 8.38. The molecule has 0 radical (unpaired) electrons. The number of nitrogens with one attached hydrogen (secondary N) is 3. The van der Waals surface area contributed by atoms with Gasteiger partial charge < -0.3 is 24.5 Å². The van der Waals surface area contributed by atoms with E-state index in [9.17, 15) is 0 Å². The van der Waals surface area contributed by atoms with Crippen LogP contribution in [0.5, 0.6) is 11.5 Å². The summed E-state index contributed by atoms with van der Waals surface area (Å²) in [6, 6.07) is 9.19. The maximum atomic E-state index is 5.31. The van der Waals surface area contributed by atoms with Crippen molar-refractivity contribution in [2.45, 2.75) is 6.42 Å². The molecule has 0 saturated carbocycles. The van der Waals surface area contributed by atoms with Crippen LogP contribution in [-0.2, 0) is 6.42 Å². The number of aromatic amines is 1. The van der Waals surface area contributed by atoms with E-state index in [0.717, 1.165) is 11.5 Å². The van der Waals surface area contributed by atoms with E-state index in [0.29, 0.717) is 42.0 Å². The van der Waals surface area contributed by atoms with Crippen LogP contribution in [0.15, 0.2) is 46.0 Å². The lowest BCUT2D eigenvalue weighted by Crippen LogP contribution is -2.32. The minimum absolute atomic E-state index is 0.544. The molecule has 0 bridgehead atoms. The Labute approximate surface area is 156 Å². The van der Waals surface area contributed by atoms with Crippen LogP contribution in [0, 0.1) is 0 Å². The van der Waals surface area contributed by atoms with Gasteiger partial charge in [0.2, 0.25) is 5.82 Å². The normalized spacial score (nSPS) is 11.3. The number of anilines is 1. The summed E-state index contributed by atoms with van der Waals surface area (Å²) in [4.78, 5) is 8.63. The van der Waals surface area contributed by atoms with E-state index >= 15 is 0 Å². The lowest BCUT2D eigenvalue weighted by molar-refractivity contribution is 0.355. The quantitative estimate of drug-likeness (QED) is 0.432. The molecule has 27 heavy (non-hydrogen) atoms. The number of benzene rings is 1. The maximum Gasteiger partial charge on any atom is 0.216 e. The molecule has 0 aliphatic rings. The maximum absolute atomic E-state index is 5.31. The van der Waals surface area contributed by atoms with Gasteiger partial charge in [0.05, 0.1) is 20.5 Å². The van der Waals surface area contributed by atoms with E-state index in [4.69, 9.17) is 13.9 Å². The molecule has 0 atom stereocenters. The van der Waals surface area contributed by atoms with Crippen LogP contribution in [0.3, 0.4) is 0 Å². The highest BCUT2D eigenvalue weighted by atomic mass is 16.5. The first-order valence-electron chi connectivity index (χ1n) is 8.38. The largest absolute Gasteiger partial charge is 0.493 e. The molecule has 2 aromatic heterocycles. The molecule has 0 aliphatic heterocycles. The number of hydrogen-bond acceptors (Lipinski definition) is 6. The standard InChI is InChI=1S/C18H22N6O3/c1-19-18(21-12-6-7-13(25-2)15(11-12)26-3)20-9-8-16-22-17(24-23-16)14-5-4-10-27-14/h4-7,10-11H,8-9H2,1-3H3,(H2,19,20,21)(H,22,23,24). The van der Waals surface area contributed by atoms with Gasteiger partial charge in [0.15, 0.2) is 23.2 Å². The Balaban J connectivity index is 1.54. The van der Waals surface area contributed by atoms with Crippen LogP contribution in [0.25, 0.3) is 11.6 Å². The highest BCUT2D eigenvalue weighted by Crippen LogP contribution is 2.29. The fraction of sp³-hybridized carbons (Fsp3) is 0.278. The van der Waals surface area contributed by atoms with Crippen molar-refractivity contribution in [3.63, 3.8) is 0 Å². The first-order chi connectivity index (χ1) is 13.2. The van der Waals surface area contributed by atoms with Gasteiger partial charge in [-0.2, -0.15) is 5.10 Å². The Hall–Kier alpha value is -3.49. The van der Waals surface area contributed by atoms with Gasteiger partial charge in [-0.3, -0.25) is 10.1 Å². The van der Waals surface area contributed by atoms with Crippen molar-refractivity contribution in [1.82, 2.24) is 20.5 Å². The number of rotatable bonds is 7. The molecule has 0 amide bonds. The molecule has 1 aromatic carbocycles. The molecular formula is C18H22N6O3. The van der Waals surface area contributed by atoms with Gasteiger partial charge in [0.25, 0.3) is 0 Å². The molecule has 0 unspecified atom stereocenters. The number of furan rings is 1. The van der Waals surface area contributed by atoms with Gasteiger partial charge in [-0.1, -0.05) is 0 Å². The topological polar surface area (TPSA) is 110 Å². The molecule has 3 rings (SSSR count). The molecule has 3 aromatic rings. The van der Waals surface area contributed by atoms with Crippen LogP contribution in [0.4, 0.5) is 5.69 Å². The van der Waals surface area contributed by atoms with Crippen LogP contribution in [0.1, 0.15) is 5.82 Å². The smallest absolute Gasteiger partial charge is 0.216 e. The summed E-state index contributed by atoms with van der Waals surface area (Å²) in [5, 5.41) is 13.5. The third-order valence-corrected chi connectivity index (χ3v) is 3.80. The Morgan fingerprint density at radius 2 is 2.07 bits per heavy atom. The lowest BCUT2D eigenvalue weighted by Gasteiger charge is -2.13. The van der Waals surface area contributed by atoms with Gasteiger partial charge in [-0.25, -0.2) is 4.98 Å². The van der Waals surface area contributed by atoms with Crippen molar-refractivity contribution in [3.05, 3.63) is 42.4 Å². The Morgan fingerprint density at radius 1 is 1.22 bits per heavy atom. The zero-order chi connectivity index (χ0) is 19.1.